The van der Waals surface area contributed by atoms with Crippen LogP contribution >= 0.6 is 11.6 Å². The molecule has 1 fully saturated rings. The number of benzene rings is 2. The van der Waals surface area contributed by atoms with Crippen LogP contribution < -0.4 is 10.1 Å². The normalized spacial score (nSPS) is 15.5. The van der Waals surface area contributed by atoms with Crippen molar-refractivity contribution >= 4 is 23.2 Å². The molecule has 144 valence electrons. The summed E-state index contributed by atoms with van der Waals surface area (Å²) in [4.78, 5) is 17.0. The number of carbonyl (C=O) groups excluding carboxylic acids is 1. The number of anilines is 1. The number of rotatable bonds is 7. The topological polar surface area (TPSA) is 44.8 Å². The van der Waals surface area contributed by atoms with Crippen LogP contribution in [0.4, 0.5) is 5.69 Å². The first-order chi connectivity index (χ1) is 13.1. The molecule has 0 radical (unpaired) electrons. The molecule has 3 rings (SSSR count). The summed E-state index contributed by atoms with van der Waals surface area (Å²) in [5.41, 5.74) is 2.03. The van der Waals surface area contributed by atoms with Crippen molar-refractivity contribution in [3.8, 4) is 5.75 Å². The van der Waals surface area contributed by atoms with Crippen molar-refractivity contribution in [3.63, 3.8) is 0 Å². The van der Waals surface area contributed by atoms with Crippen LogP contribution in [-0.2, 0) is 11.3 Å². The molecule has 0 unspecified atom stereocenters. The third-order valence-corrected chi connectivity index (χ3v) is 4.96. The summed E-state index contributed by atoms with van der Waals surface area (Å²) in [6, 6.07) is 15.0. The largest absolute Gasteiger partial charge is 0.484 e. The lowest BCUT2D eigenvalue weighted by Gasteiger charge is -2.34. The van der Waals surface area contributed by atoms with Crippen LogP contribution in [0.1, 0.15) is 12.5 Å². The predicted octanol–water partition coefficient (Wildman–Crippen LogP) is 3.50. The van der Waals surface area contributed by atoms with E-state index in [9.17, 15) is 4.79 Å². The zero-order chi connectivity index (χ0) is 19.1. The standard InChI is InChI=1S/C21H26ClN3O2/c1-2-24-10-12-25(13-11-24)15-17-6-8-19(9-7-17)23-21(26)16-27-20-5-3-4-18(22)14-20/h3-9,14H,2,10-13,15-16H2,1H3,(H,23,26). The van der Waals surface area contributed by atoms with Crippen molar-refractivity contribution in [1.29, 1.82) is 0 Å². The first-order valence-corrected chi connectivity index (χ1v) is 9.72. The first kappa shape index (κ1) is 19.7. The Hall–Kier alpha value is -2.08. The molecule has 1 aliphatic rings. The molecule has 0 atom stereocenters. The molecule has 0 aromatic heterocycles. The summed E-state index contributed by atoms with van der Waals surface area (Å²) in [6.07, 6.45) is 0. The molecule has 1 heterocycles. The van der Waals surface area contributed by atoms with Crippen molar-refractivity contribution in [2.24, 2.45) is 0 Å². The van der Waals surface area contributed by atoms with Crippen LogP contribution in [0.2, 0.25) is 5.02 Å². The average Bonchev–Trinajstić information content (AvgIpc) is 2.69. The van der Waals surface area contributed by atoms with Gasteiger partial charge in [0, 0.05) is 43.4 Å². The molecule has 1 amide bonds. The summed E-state index contributed by atoms with van der Waals surface area (Å²) in [5, 5.41) is 3.44. The first-order valence-electron chi connectivity index (χ1n) is 9.34. The maximum Gasteiger partial charge on any atom is 0.262 e. The number of amides is 1. The Labute approximate surface area is 165 Å². The predicted molar refractivity (Wildman–Crippen MR) is 109 cm³/mol. The van der Waals surface area contributed by atoms with Crippen LogP contribution in [0.25, 0.3) is 0 Å². The third-order valence-electron chi connectivity index (χ3n) is 4.72. The maximum atomic E-state index is 12.0. The summed E-state index contributed by atoms with van der Waals surface area (Å²) >= 11 is 5.90. The minimum Gasteiger partial charge on any atom is -0.484 e. The lowest BCUT2D eigenvalue weighted by Crippen LogP contribution is -2.45. The average molecular weight is 388 g/mol. The smallest absolute Gasteiger partial charge is 0.262 e. The van der Waals surface area contributed by atoms with Gasteiger partial charge in [-0.2, -0.15) is 0 Å². The van der Waals surface area contributed by atoms with E-state index in [0.717, 1.165) is 45.0 Å². The van der Waals surface area contributed by atoms with Crippen molar-refractivity contribution in [2.45, 2.75) is 13.5 Å². The van der Waals surface area contributed by atoms with E-state index < -0.39 is 0 Å². The second kappa shape index (κ2) is 9.74. The number of halogens is 1. The Bertz CT molecular complexity index is 743. The molecule has 0 bridgehead atoms. The van der Waals surface area contributed by atoms with E-state index >= 15 is 0 Å². The van der Waals surface area contributed by atoms with Crippen molar-refractivity contribution in [2.75, 3.05) is 44.6 Å². The zero-order valence-electron chi connectivity index (χ0n) is 15.7. The van der Waals surface area contributed by atoms with Gasteiger partial charge in [-0.05, 0) is 42.4 Å². The molecular formula is C21H26ClN3O2. The van der Waals surface area contributed by atoms with Crippen LogP contribution in [0.5, 0.6) is 5.75 Å². The van der Waals surface area contributed by atoms with Crippen molar-refractivity contribution < 1.29 is 9.53 Å². The Kier molecular flexibility index (Phi) is 7.10. The van der Waals surface area contributed by atoms with Crippen LogP contribution in [-0.4, -0.2) is 55.0 Å². The highest BCUT2D eigenvalue weighted by Gasteiger charge is 2.15. The molecule has 27 heavy (non-hydrogen) atoms. The van der Waals surface area contributed by atoms with E-state index in [1.165, 1.54) is 5.56 Å². The number of carbonyl (C=O) groups is 1. The highest BCUT2D eigenvalue weighted by Crippen LogP contribution is 2.17. The molecule has 1 aliphatic heterocycles. The van der Waals surface area contributed by atoms with Gasteiger partial charge < -0.3 is 15.0 Å². The lowest BCUT2D eigenvalue weighted by molar-refractivity contribution is -0.118. The fraction of sp³-hybridized carbons (Fsp3) is 0.381. The van der Waals surface area contributed by atoms with Gasteiger partial charge in [0.2, 0.25) is 0 Å². The van der Waals surface area contributed by atoms with Gasteiger partial charge in [0.1, 0.15) is 5.75 Å². The van der Waals surface area contributed by atoms with E-state index in [1.807, 2.05) is 12.1 Å². The Morgan fingerprint density at radius 3 is 2.44 bits per heavy atom. The summed E-state index contributed by atoms with van der Waals surface area (Å²) in [5.74, 6) is 0.384. The number of nitrogens with zero attached hydrogens (tertiary/aromatic N) is 2. The summed E-state index contributed by atoms with van der Waals surface area (Å²) in [7, 11) is 0. The molecule has 1 N–H and O–H groups in total. The minimum atomic E-state index is -0.196. The van der Waals surface area contributed by atoms with Crippen molar-refractivity contribution in [1.82, 2.24) is 9.80 Å². The molecule has 0 spiro atoms. The molecule has 5 nitrogen and oxygen atoms in total. The second-order valence-corrected chi connectivity index (χ2v) is 7.14. The van der Waals surface area contributed by atoms with Gasteiger partial charge in [-0.1, -0.05) is 36.7 Å². The number of nitrogens with one attached hydrogen (secondary N) is 1. The van der Waals surface area contributed by atoms with Gasteiger partial charge in [-0.3, -0.25) is 9.69 Å². The third kappa shape index (κ3) is 6.24. The van der Waals surface area contributed by atoms with E-state index in [0.29, 0.717) is 10.8 Å². The van der Waals surface area contributed by atoms with Gasteiger partial charge in [0.15, 0.2) is 6.61 Å². The SMILES string of the molecule is CCN1CCN(Cc2ccc(NC(=O)COc3cccc(Cl)c3)cc2)CC1. The van der Waals surface area contributed by atoms with Crippen LogP contribution in [0.15, 0.2) is 48.5 Å². The van der Waals surface area contributed by atoms with Gasteiger partial charge in [-0.25, -0.2) is 0 Å². The fourth-order valence-electron chi connectivity index (χ4n) is 3.12. The highest BCUT2D eigenvalue weighted by atomic mass is 35.5. The second-order valence-electron chi connectivity index (χ2n) is 6.70. The van der Waals surface area contributed by atoms with E-state index in [-0.39, 0.29) is 12.5 Å². The number of hydrogen-bond donors (Lipinski definition) is 1. The van der Waals surface area contributed by atoms with E-state index in [4.69, 9.17) is 16.3 Å². The monoisotopic (exact) mass is 387 g/mol. The Balaban J connectivity index is 1.44. The molecule has 6 heteroatoms. The van der Waals surface area contributed by atoms with Gasteiger partial charge in [0.05, 0.1) is 0 Å². The van der Waals surface area contributed by atoms with Gasteiger partial charge >= 0.3 is 0 Å². The van der Waals surface area contributed by atoms with Gasteiger partial charge in [0.25, 0.3) is 5.91 Å². The summed E-state index contributed by atoms with van der Waals surface area (Å²) in [6.45, 7) is 8.72. The quantitative estimate of drug-likeness (QED) is 0.789. The molecule has 0 saturated carbocycles. The van der Waals surface area contributed by atoms with E-state index in [1.54, 1.807) is 24.3 Å². The number of likely N-dealkylation sites (N-methyl/N-ethyl adjacent to an activating group) is 1. The van der Waals surface area contributed by atoms with Gasteiger partial charge in [-0.15, -0.1) is 0 Å². The maximum absolute atomic E-state index is 12.0. The highest BCUT2D eigenvalue weighted by molar-refractivity contribution is 6.30. The van der Waals surface area contributed by atoms with Crippen LogP contribution in [0.3, 0.4) is 0 Å². The Morgan fingerprint density at radius 2 is 1.78 bits per heavy atom. The molecule has 0 aliphatic carbocycles. The molecule has 2 aromatic rings. The summed E-state index contributed by atoms with van der Waals surface area (Å²) < 4.78 is 5.46. The number of piperazine rings is 1. The van der Waals surface area contributed by atoms with E-state index in [2.05, 4.69) is 34.2 Å². The zero-order valence-corrected chi connectivity index (χ0v) is 16.4. The molecular weight excluding hydrogens is 362 g/mol. The molecule has 1 saturated heterocycles. The lowest BCUT2D eigenvalue weighted by atomic mass is 10.1. The number of ether oxygens (including phenoxy) is 1. The number of hydrogen-bond acceptors (Lipinski definition) is 4. The fourth-order valence-corrected chi connectivity index (χ4v) is 3.30. The minimum absolute atomic E-state index is 0.0518. The van der Waals surface area contributed by atoms with Crippen molar-refractivity contribution in [3.05, 3.63) is 59.1 Å². The van der Waals surface area contributed by atoms with Crippen LogP contribution in [0, 0.1) is 0 Å². The Morgan fingerprint density at radius 1 is 1.07 bits per heavy atom. The molecule has 2 aromatic carbocycles.